The van der Waals surface area contributed by atoms with E-state index in [1.165, 1.54) is 19.3 Å². The molecule has 7 nitrogen and oxygen atoms in total. The van der Waals surface area contributed by atoms with Crippen molar-refractivity contribution in [1.82, 2.24) is 10.2 Å². The van der Waals surface area contributed by atoms with Crippen molar-refractivity contribution in [2.45, 2.75) is 70.4 Å². The van der Waals surface area contributed by atoms with Crippen molar-refractivity contribution in [3.63, 3.8) is 0 Å². The van der Waals surface area contributed by atoms with Crippen LogP contribution in [-0.2, 0) is 20.9 Å². The first-order valence-electron chi connectivity index (χ1n) is 14.6. The zero-order valence-electron chi connectivity index (χ0n) is 23.8. The summed E-state index contributed by atoms with van der Waals surface area (Å²) in [5, 5.41) is 13.0. The zero-order valence-corrected chi connectivity index (χ0v) is 23.8. The maximum absolute atomic E-state index is 13.5. The number of carboxylic acids is 1. The van der Waals surface area contributed by atoms with Crippen molar-refractivity contribution in [2.24, 2.45) is 0 Å². The van der Waals surface area contributed by atoms with Crippen LogP contribution in [0.5, 0.6) is 0 Å². The van der Waals surface area contributed by atoms with E-state index in [1.807, 2.05) is 66.7 Å². The van der Waals surface area contributed by atoms with Gasteiger partial charge in [-0.3, -0.25) is 9.69 Å². The van der Waals surface area contributed by atoms with Gasteiger partial charge in [0.15, 0.2) is 0 Å². The Morgan fingerprint density at radius 2 is 1.41 bits per heavy atom. The predicted octanol–water partition coefficient (Wildman–Crippen LogP) is 6.76. The molecule has 2 amide bonds. The van der Waals surface area contributed by atoms with E-state index in [1.54, 1.807) is 0 Å². The summed E-state index contributed by atoms with van der Waals surface area (Å²) in [6.07, 6.45) is 5.44. The summed E-state index contributed by atoms with van der Waals surface area (Å²) in [5.74, 6) is -1.80. The van der Waals surface area contributed by atoms with Gasteiger partial charge < -0.3 is 15.2 Å². The Kier molecular flexibility index (Phi) is 10.9. The summed E-state index contributed by atoms with van der Waals surface area (Å²) in [5.41, 5.74) is 5.10. The van der Waals surface area contributed by atoms with E-state index in [4.69, 9.17) is 4.74 Å². The van der Waals surface area contributed by atoms with Crippen LogP contribution in [0.1, 0.15) is 74.5 Å². The van der Waals surface area contributed by atoms with Gasteiger partial charge in [-0.05, 0) is 34.2 Å². The van der Waals surface area contributed by atoms with Crippen LogP contribution >= 0.6 is 0 Å². The number of unbranched alkanes of at least 4 members (excludes halogenated alkanes) is 5. The molecule has 0 aliphatic heterocycles. The van der Waals surface area contributed by atoms with Crippen LogP contribution in [0.3, 0.4) is 0 Å². The molecule has 0 saturated heterocycles. The fourth-order valence-corrected chi connectivity index (χ4v) is 5.47. The Hall–Kier alpha value is -4.13. The molecule has 0 fully saturated rings. The summed E-state index contributed by atoms with van der Waals surface area (Å²) < 4.78 is 5.82. The second kappa shape index (κ2) is 15.0. The predicted molar refractivity (Wildman–Crippen MR) is 159 cm³/mol. The van der Waals surface area contributed by atoms with E-state index in [0.717, 1.165) is 52.0 Å². The van der Waals surface area contributed by atoms with Crippen molar-refractivity contribution >= 4 is 18.0 Å². The summed E-state index contributed by atoms with van der Waals surface area (Å²) >= 11 is 0. The highest BCUT2D eigenvalue weighted by Gasteiger charge is 2.35. The zero-order chi connectivity index (χ0) is 29.0. The van der Waals surface area contributed by atoms with E-state index in [0.29, 0.717) is 6.54 Å². The molecule has 0 heterocycles. The summed E-state index contributed by atoms with van der Waals surface area (Å²) in [4.78, 5) is 39.9. The van der Waals surface area contributed by atoms with Crippen molar-refractivity contribution in [2.75, 3.05) is 13.2 Å². The highest BCUT2D eigenvalue weighted by atomic mass is 16.6. The topological polar surface area (TPSA) is 95.9 Å². The molecule has 0 saturated carbocycles. The molecule has 3 aromatic rings. The Bertz CT molecular complexity index is 1260. The van der Waals surface area contributed by atoms with Crippen molar-refractivity contribution in [3.05, 3.63) is 95.6 Å². The van der Waals surface area contributed by atoms with E-state index < -0.39 is 24.0 Å². The largest absolute Gasteiger partial charge is 0.480 e. The lowest BCUT2D eigenvalue weighted by molar-refractivity contribution is -0.145. The molecule has 216 valence electrons. The summed E-state index contributed by atoms with van der Waals surface area (Å²) in [6.45, 7) is 2.73. The Morgan fingerprint density at radius 1 is 0.829 bits per heavy atom. The normalized spacial score (nSPS) is 12.7. The first-order valence-corrected chi connectivity index (χ1v) is 14.6. The Labute approximate surface area is 242 Å². The van der Waals surface area contributed by atoms with Crippen LogP contribution in [0.25, 0.3) is 11.1 Å². The number of carbonyl (C=O) groups is 3. The molecule has 2 N–H and O–H groups in total. The standard InChI is InChI=1S/C34H40N2O5/c1-2-3-4-5-6-14-21-35-32(37)22-31(33(38)39)36(23-25-15-8-7-9-16-25)34(40)41-24-30-28-19-12-10-17-26(28)27-18-11-13-20-29(27)30/h7-13,15-20,30-31H,2-6,14,21-24H2,1H3,(H,35,37)(H,38,39)/t31-/m0/s1. The average molecular weight is 557 g/mol. The number of carboxylic acid groups (broad SMARTS) is 1. The summed E-state index contributed by atoms with van der Waals surface area (Å²) in [7, 11) is 0. The first-order chi connectivity index (χ1) is 20.0. The fraction of sp³-hybridized carbons (Fsp3) is 0.382. The molecule has 0 unspecified atom stereocenters. The number of hydrogen-bond donors (Lipinski definition) is 2. The number of amides is 2. The molecule has 41 heavy (non-hydrogen) atoms. The third-order valence-corrected chi connectivity index (χ3v) is 7.66. The molecule has 1 atom stereocenters. The lowest BCUT2D eigenvalue weighted by atomic mass is 9.98. The third-order valence-electron chi connectivity index (χ3n) is 7.66. The molecule has 1 aliphatic rings. The SMILES string of the molecule is CCCCCCCCNC(=O)C[C@@H](C(=O)O)N(Cc1ccccc1)C(=O)OCC1c2ccccc2-c2ccccc21. The first kappa shape index (κ1) is 29.8. The monoisotopic (exact) mass is 556 g/mol. The van der Waals surface area contributed by atoms with Crippen LogP contribution in [0, 0.1) is 0 Å². The van der Waals surface area contributed by atoms with Gasteiger partial charge in [0.25, 0.3) is 0 Å². The van der Waals surface area contributed by atoms with Crippen LogP contribution < -0.4 is 5.32 Å². The highest BCUT2D eigenvalue weighted by Crippen LogP contribution is 2.44. The van der Waals surface area contributed by atoms with Gasteiger partial charge in [0.05, 0.1) is 6.42 Å². The second-order valence-corrected chi connectivity index (χ2v) is 10.6. The minimum atomic E-state index is -1.37. The van der Waals surface area contributed by atoms with Crippen LogP contribution in [-0.4, -0.2) is 47.2 Å². The van der Waals surface area contributed by atoms with Crippen molar-refractivity contribution in [1.29, 1.82) is 0 Å². The molecule has 0 bridgehead atoms. The van der Waals surface area contributed by atoms with Gasteiger partial charge in [-0.1, -0.05) is 118 Å². The molecule has 0 spiro atoms. The van der Waals surface area contributed by atoms with Gasteiger partial charge in [-0.25, -0.2) is 9.59 Å². The van der Waals surface area contributed by atoms with E-state index >= 15 is 0 Å². The fourth-order valence-electron chi connectivity index (χ4n) is 5.47. The Balaban J connectivity index is 1.44. The molecule has 3 aromatic carbocycles. The second-order valence-electron chi connectivity index (χ2n) is 10.6. The number of hydrogen-bond acceptors (Lipinski definition) is 4. The van der Waals surface area contributed by atoms with Crippen molar-refractivity contribution in [3.8, 4) is 11.1 Å². The van der Waals surface area contributed by atoms with Gasteiger partial charge in [-0.2, -0.15) is 0 Å². The maximum Gasteiger partial charge on any atom is 0.410 e. The van der Waals surface area contributed by atoms with E-state index in [2.05, 4.69) is 24.4 Å². The number of rotatable bonds is 15. The molecular weight excluding hydrogens is 516 g/mol. The maximum atomic E-state index is 13.5. The van der Waals surface area contributed by atoms with Gasteiger partial charge in [-0.15, -0.1) is 0 Å². The molecule has 7 heteroatoms. The number of nitrogens with one attached hydrogen (secondary N) is 1. The number of benzene rings is 3. The molecule has 4 rings (SSSR count). The van der Waals surface area contributed by atoms with Gasteiger partial charge >= 0.3 is 12.1 Å². The van der Waals surface area contributed by atoms with Crippen LogP contribution in [0.4, 0.5) is 4.79 Å². The average Bonchev–Trinajstić information content (AvgIpc) is 3.31. The number of ether oxygens (including phenoxy) is 1. The van der Waals surface area contributed by atoms with Crippen LogP contribution in [0.2, 0.25) is 0 Å². The number of aliphatic carboxylic acids is 1. The lowest BCUT2D eigenvalue weighted by Gasteiger charge is -2.29. The van der Waals surface area contributed by atoms with E-state index in [-0.39, 0.29) is 25.5 Å². The highest BCUT2D eigenvalue weighted by molar-refractivity contribution is 5.87. The quantitative estimate of drug-likeness (QED) is 0.202. The Morgan fingerprint density at radius 3 is 2.05 bits per heavy atom. The molecule has 0 radical (unpaired) electrons. The molecular formula is C34H40N2O5. The van der Waals surface area contributed by atoms with Crippen LogP contribution in [0.15, 0.2) is 78.9 Å². The number of fused-ring (bicyclic) bond motifs is 3. The van der Waals surface area contributed by atoms with Gasteiger partial charge in [0, 0.05) is 19.0 Å². The van der Waals surface area contributed by atoms with Gasteiger partial charge in [0.1, 0.15) is 12.6 Å². The molecule has 1 aliphatic carbocycles. The third kappa shape index (κ3) is 7.97. The smallest absolute Gasteiger partial charge is 0.410 e. The minimum Gasteiger partial charge on any atom is -0.480 e. The number of carbonyl (C=O) groups excluding carboxylic acids is 2. The number of nitrogens with zero attached hydrogens (tertiary/aromatic N) is 1. The van der Waals surface area contributed by atoms with Crippen molar-refractivity contribution < 1.29 is 24.2 Å². The minimum absolute atomic E-state index is 0.0131. The molecule has 0 aromatic heterocycles. The van der Waals surface area contributed by atoms with Gasteiger partial charge in [0.2, 0.25) is 5.91 Å². The summed E-state index contributed by atoms with van der Waals surface area (Å²) in [6, 6.07) is 23.9. The lowest BCUT2D eigenvalue weighted by Crippen LogP contribution is -2.47. The van der Waals surface area contributed by atoms with E-state index in [9.17, 15) is 19.5 Å².